The van der Waals surface area contributed by atoms with Gasteiger partial charge in [-0.05, 0) is 30.2 Å². The zero-order chi connectivity index (χ0) is 22.4. The Morgan fingerprint density at radius 1 is 1.13 bits per heavy atom. The number of amides is 2. The Kier molecular flexibility index (Phi) is 7.12. The number of ether oxygens (including phenoxy) is 3. The van der Waals surface area contributed by atoms with Crippen LogP contribution in [0, 0.1) is 5.92 Å². The van der Waals surface area contributed by atoms with Gasteiger partial charge in [0.15, 0.2) is 6.61 Å². The molecule has 0 radical (unpaired) electrons. The molecule has 2 amide bonds. The van der Waals surface area contributed by atoms with Crippen LogP contribution in [0.4, 0.5) is 11.4 Å². The maximum atomic E-state index is 12.5. The number of methoxy groups -OCH3 is 2. The lowest BCUT2D eigenvalue weighted by atomic mass is 10.1. The molecule has 0 aliphatic carbocycles. The van der Waals surface area contributed by atoms with Crippen molar-refractivity contribution >= 4 is 29.2 Å². The van der Waals surface area contributed by atoms with Gasteiger partial charge in [0.1, 0.15) is 11.5 Å². The molecule has 1 aliphatic rings. The maximum Gasteiger partial charge on any atom is 0.311 e. The SMILES string of the molecule is CCc1ccccc1NC(=O)COC(=O)[C@H]1CC(=O)N(c2ccc(OC)cc2OC)C1. The third-order valence-corrected chi connectivity index (χ3v) is 5.15. The molecule has 1 heterocycles. The first kappa shape index (κ1) is 22.1. The van der Waals surface area contributed by atoms with E-state index in [1.54, 1.807) is 31.4 Å². The average Bonchev–Trinajstić information content (AvgIpc) is 3.18. The molecular formula is C23H26N2O6. The third kappa shape index (κ3) is 5.14. The second kappa shape index (κ2) is 9.97. The number of carbonyl (C=O) groups is 3. The van der Waals surface area contributed by atoms with Gasteiger partial charge in [-0.1, -0.05) is 25.1 Å². The van der Waals surface area contributed by atoms with Crippen molar-refractivity contribution < 1.29 is 28.6 Å². The van der Waals surface area contributed by atoms with Gasteiger partial charge >= 0.3 is 5.97 Å². The van der Waals surface area contributed by atoms with Crippen molar-refractivity contribution in [3.05, 3.63) is 48.0 Å². The van der Waals surface area contributed by atoms with Gasteiger partial charge in [-0.25, -0.2) is 0 Å². The fourth-order valence-electron chi connectivity index (χ4n) is 3.50. The molecule has 31 heavy (non-hydrogen) atoms. The first-order chi connectivity index (χ1) is 15.0. The van der Waals surface area contributed by atoms with Gasteiger partial charge in [0.25, 0.3) is 5.91 Å². The molecule has 164 valence electrons. The number of hydrogen-bond acceptors (Lipinski definition) is 6. The first-order valence-electron chi connectivity index (χ1n) is 10.0. The summed E-state index contributed by atoms with van der Waals surface area (Å²) >= 11 is 0. The molecule has 1 atom stereocenters. The summed E-state index contributed by atoms with van der Waals surface area (Å²) in [6.45, 7) is 1.74. The molecule has 1 saturated heterocycles. The number of rotatable bonds is 8. The smallest absolute Gasteiger partial charge is 0.311 e. The minimum absolute atomic E-state index is 0.00824. The van der Waals surface area contributed by atoms with Gasteiger partial charge in [0, 0.05) is 24.7 Å². The molecule has 0 saturated carbocycles. The number of hydrogen-bond donors (Lipinski definition) is 1. The van der Waals surface area contributed by atoms with Gasteiger partial charge in [-0.15, -0.1) is 0 Å². The lowest BCUT2D eigenvalue weighted by molar-refractivity contribution is -0.151. The average molecular weight is 426 g/mol. The number of anilines is 2. The molecule has 1 N–H and O–H groups in total. The van der Waals surface area contributed by atoms with Crippen molar-refractivity contribution in [2.75, 3.05) is 37.6 Å². The predicted molar refractivity (Wildman–Crippen MR) is 115 cm³/mol. The van der Waals surface area contributed by atoms with E-state index in [9.17, 15) is 14.4 Å². The third-order valence-electron chi connectivity index (χ3n) is 5.15. The lowest BCUT2D eigenvalue weighted by Gasteiger charge is -2.20. The molecule has 0 spiro atoms. The van der Waals surface area contributed by atoms with Gasteiger partial charge in [-0.3, -0.25) is 14.4 Å². The lowest BCUT2D eigenvalue weighted by Crippen LogP contribution is -2.28. The van der Waals surface area contributed by atoms with Crippen molar-refractivity contribution in [2.45, 2.75) is 19.8 Å². The second-order valence-electron chi connectivity index (χ2n) is 7.11. The Morgan fingerprint density at radius 3 is 2.61 bits per heavy atom. The highest BCUT2D eigenvalue weighted by Gasteiger charge is 2.37. The number of carbonyl (C=O) groups excluding carboxylic acids is 3. The van der Waals surface area contributed by atoms with E-state index >= 15 is 0 Å². The van der Waals surface area contributed by atoms with Crippen LogP contribution in [0.25, 0.3) is 0 Å². The van der Waals surface area contributed by atoms with E-state index in [2.05, 4.69) is 5.32 Å². The highest BCUT2D eigenvalue weighted by molar-refractivity contribution is 6.01. The van der Waals surface area contributed by atoms with Crippen LogP contribution in [0.1, 0.15) is 18.9 Å². The van der Waals surface area contributed by atoms with Crippen LogP contribution in [-0.4, -0.2) is 45.2 Å². The van der Waals surface area contributed by atoms with Crippen LogP contribution in [0.15, 0.2) is 42.5 Å². The molecule has 0 bridgehead atoms. The van der Waals surface area contributed by atoms with Crippen LogP contribution in [0.5, 0.6) is 11.5 Å². The molecule has 0 aromatic heterocycles. The van der Waals surface area contributed by atoms with Crippen molar-refractivity contribution in [3.8, 4) is 11.5 Å². The monoisotopic (exact) mass is 426 g/mol. The highest BCUT2D eigenvalue weighted by Crippen LogP contribution is 2.36. The molecule has 0 unspecified atom stereocenters. The number of esters is 1. The minimum Gasteiger partial charge on any atom is -0.497 e. The summed E-state index contributed by atoms with van der Waals surface area (Å²) in [4.78, 5) is 38.7. The quantitative estimate of drug-likeness (QED) is 0.653. The standard InChI is InChI=1S/C23H26N2O6/c1-4-15-7-5-6-8-18(15)24-21(26)14-31-23(28)16-11-22(27)25(13-16)19-10-9-17(29-2)12-20(19)30-3/h5-10,12,16H,4,11,13-14H2,1-3H3,(H,24,26)/t16-/m0/s1. The number of para-hydroxylation sites is 1. The van der Waals surface area contributed by atoms with E-state index in [0.717, 1.165) is 12.0 Å². The van der Waals surface area contributed by atoms with Crippen molar-refractivity contribution in [3.63, 3.8) is 0 Å². The van der Waals surface area contributed by atoms with Crippen LogP contribution in [0.3, 0.4) is 0 Å². The Labute approximate surface area is 181 Å². The van der Waals surface area contributed by atoms with E-state index < -0.39 is 24.4 Å². The van der Waals surface area contributed by atoms with E-state index in [1.807, 2.05) is 25.1 Å². The molecule has 1 aliphatic heterocycles. The number of benzene rings is 2. The number of aryl methyl sites for hydroxylation is 1. The normalized spacial score (nSPS) is 15.5. The van der Waals surface area contributed by atoms with E-state index in [-0.39, 0.29) is 18.9 Å². The van der Waals surface area contributed by atoms with Gasteiger partial charge < -0.3 is 24.4 Å². The van der Waals surface area contributed by atoms with Gasteiger partial charge in [0.2, 0.25) is 5.91 Å². The molecule has 3 rings (SSSR count). The molecule has 2 aromatic rings. The highest BCUT2D eigenvalue weighted by atomic mass is 16.5. The summed E-state index contributed by atoms with van der Waals surface area (Å²) in [5, 5.41) is 2.75. The first-order valence-corrected chi connectivity index (χ1v) is 10.0. The van der Waals surface area contributed by atoms with Crippen LogP contribution < -0.4 is 19.7 Å². The number of nitrogens with zero attached hydrogens (tertiary/aromatic N) is 1. The Morgan fingerprint density at radius 2 is 1.90 bits per heavy atom. The van der Waals surface area contributed by atoms with Crippen molar-refractivity contribution in [2.24, 2.45) is 5.92 Å². The summed E-state index contributed by atoms with van der Waals surface area (Å²) < 4.78 is 15.7. The topological polar surface area (TPSA) is 94.2 Å². The summed E-state index contributed by atoms with van der Waals surface area (Å²) in [5.41, 5.74) is 2.24. The zero-order valence-electron chi connectivity index (χ0n) is 17.8. The van der Waals surface area contributed by atoms with Crippen molar-refractivity contribution in [1.29, 1.82) is 0 Å². The van der Waals surface area contributed by atoms with Crippen LogP contribution >= 0.6 is 0 Å². The van der Waals surface area contributed by atoms with E-state index in [4.69, 9.17) is 14.2 Å². The van der Waals surface area contributed by atoms with Crippen LogP contribution in [0.2, 0.25) is 0 Å². The largest absolute Gasteiger partial charge is 0.497 e. The fraction of sp³-hybridized carbons (Fsp3) is 0.348. The van der Waals surface area contributed by atoms with E-state index in [0.29, 0.717) is 22.9 Å². The Bertz CT molecular complexity index is 974. The summed E-state index contributed by atoms with van der Waals surface area (Å²) in [6.07, 6.45) is 0.777. The van der Waals surface area contributed by atoms with Gasteiger partial charge in [0.05, 0.1) is 25.8 Å². The molecule has 8 heteroatoms. The van der Waals surface area contributed by atoms with Crippen molar-refractivity contribution in [1.82, 2.24) is 0 Å². The maximum absolute atomic E-state index is 12.5. The fourth-order valence-corrected chi connectivity index (χ4v) is 3.50. The number of nitrogens with one attached hydrogen (secondary N) is 1. The molecular weight excluding hydrogens is 400 g/mol. The Balaban J connectivity index is 1.59. The predicted octanol–water partition coefficient (Wildman–Crippen LogP) is 2.80. The van der Waals surface area contributed by atoms with Crippen LogP contribution in [-0.2, 0) is 25.5 Å². The van der Waals surface area contributed by atoms with E-state index in [1.165, 1.54) is 12.0 Å². The summed E-state index contributed by atoms with van der Waals surface area (Å²) in [5.74, 6) is -0.814. The second-order valence-corrected chi connectivity index (χ2v) is 7.11. The van der Waals surface area contributed by atoms with Gasteiger partial charge in [-0.2, -0.15) is 0 Å². The molecule has 2 aromatic carbocycles. The molecule has 8 nitrogen and oxygen atoms in total. The summed E-state index contributed by atoms with van der Waals surface area (Å²) in [7, 11) is 3.04. The minimum atomic E-state index is -0.657. The Hall–Kier alpha value is -3.55. The molecule has 1 fully saturated rings. The zero-order valence-corrected chi connectivity index (χ0v) is 17.8. The summed E-state index contributed by atoms with van der Waals surface area (Å²) in [6, 6.07) is 12.5.